The lowest BCUT2D eigenvalue weighted by atomic mass is 9.87. The molecule has 0 aliphatic heterocycles. The van der Waals surface area contributed by atoms with E-state index in [-0.39, 0.29) is 17.4 Å². The van der Waals surface area contributed by atoms with E-state index in [4.69, 9.17) is 14.2 Å². The van der Waals surface area contributed by atoms with Crippen LogP contribution in [0.1, 0.15) is 58.2 Å². The van der Waals surface area contributed by atoms with Crippen LogP contribution < -0.4 is 19.5 Å². The number of hydrogen-bond donors (Lipinski definition) is 1. The number of methoxy groups -OCH3 is 2. The Morgan fingerprint density at radius 1 is 1.00 bits per heavy atom. The molecule has 0 unspecified atom stereocenters. The van der Waals surface area contributed by atoms with E-state index in [1.807, 2.05) is 56.3 Å². The number of nitrogens with one attached hydrogen (secondary N) is 1. The van der Waals surface area contributed by atoms with Gasteiger partial charge in [0.05, 0.1) is 20.3 Å². The average Bonchev–Trinajstić information content (AvgIpc) is 2.70. The molecule has 0 aliphatic carbocycles. The third-order valence-corrected chi connectivity index (χ3v) is 4.92. The van der Waals surface area contributed by atoms with Crippen LogP contribution in [0.15, 0.2) is 42.5 Å². The molecule has 2 atom stereocenters. The quantitative estimate of drug-likeness (QED) is 0.676. The Balaban J connectivity index is 2.10. The Hall–Kier alpha value is -2.69. The zero-order chi connectivity index (χ0) is 21.6. The van der Waals surface area contributed by atoms with Crippen molar-refractivity contribution in [1.29, 1.82) is 0 Å². The van der Waals surface area contributed by atoms with Crippen LogP contribution in [0.5, 0.6) is 17.2 Å². The summed E-state index contributed by atoms with van der Waals surface area (Å²) in [5.74, 6) is 1.94. The molecule has 5 heteroatoms. The van der Waals surface area contributed by atoms with Crippen LogP contribution in [-0.2, 0) is 10.2 Å². The minimum atomic E-state index is -0.575. The zero-order valence-corrected chi connectivity index (χ0v) is 18.5. The fraction of sp³-hybridized carbons (Fsp3) is 0.458. The number of carbonyl (C=O) groups excluding carboxylic acids is 1. The summed E-state index contributed by atoms with van der Waals surface area (Å²) in [6.07, 6.45) is -0.0102. The molecule has 1 amide bonds. The Labute approximate surface area is 174 Å². The topological polar surface area (TPSA) is 56.8 Å². The van der Waals surface area contributed by atoms with Gasteiger partial charge in [0.1, 0.15) is 17.2 Å². The van der Waals surface area contributed by atoms with Crippen LogP contribution in [0.25, 0.3) is 0 Å². The second kappa shape index (κ2) is 9.68. The molecule has 0 aromatic heterocycles. The maximum absolute atomic E-state index is 12.8. The van der Waals surface area contributed by atoms with E-state index in [0.29, 0.717) is 23.7 Å². The molecule has 0 spiro atoms. The standard InChI is InChI=1S/C24H33NO4/c1-8-21(29-18-11-9-17(10-12-18)24(3,4)5)23(26)25-16(2)20-15-19(27-6)13-14-22(20)28-7/h9-16,21H,8H2,1-7H3,(H,25,26)/t16-,21+/m0/s1. The molecule has 0 aliphatic rings. The van der Waals surface area contributed by atoms with E-state index in [1.54, 1.807) is 14.2 Å². The Bertz CT molecular complexity index is 809. The molecule has 0 saturated carbocycles. The summed E-state index contributed by atoms with van der Waals surface area (Å²) in [4.78, 5) is 12.8. The molecule has 29 heavy (non-hydrogen) atoms. The predicted octanol–water partition coefficient (Wildman–Crippen LogP) is 5.04. The number of benzene rings is 2. The van der Waals surface area contributed by atoms with Crippen molar-refractivity contribution in [1.82, 2.24) is 5.32 Å². The van der Waals surface area contributed by atoms with Crippen molar-refractivity contribution in [3.63, 3.8) is 0 Å². The number of carbonyl (C=O) groups is 1. The molecule has 0 heterocycles. The Morgan fingerprint density at radius 3 is 2.14 bits per heavy atom. The smallest absolute Gasteiger partial charge is 0.261 e. The lowest BCUT2D eigenvalue weighted by molar-refractivity contribution is -0.128. The SMILES string of the molecule is CC[C@@H](Oc1ccc(C(C)(C)C)cc1)C(=O)N[C@@H](C)c1cc(OC)ccc1OC. The van der Waals surface area contributed by atoms with Gasteiger partial charge in [0, 0.05) is 5.56 Å². The summed E-state index contributed by atoms with van der Waals surface area (Å²) in [5, 5.41) is 3.03. The van der Waals surface area contributed by atoms with Gasteiger partial charge < -0.3 is 19.5 Å². The summed E-state index contributed by atoms with van der Waals surface area (Å²) >= 11 is 0. The monoisotopic (exact) mass is 399 g/mol. The zero-order valence-electron chi connectivity index (χ0n) is 18.5. The van der Waals surface area contributed by atoms with Gasteiger partial charge in [-0.3, -0.25) is 4.79 Å². The van der Waals surface area contributed by atoms with Crippen LogP contribution in [0, 0.1) is 0 Å². The third kappa shape index (κ3) is 5.89. The molecule has 5 nitrogen and oxygen atoms in total. The van der Waals surface area contributed by atoms with Crippen LogP contribution >= 0.6 is 0 Å². The Morgan fingerprint density at radius 2 is 1.62 bits per heavy atom. The van der Waals surface area contributed by atoms with E-state index in [9.17, 15) is 4.79 Å². The van der Waals surface area contributed by atoms with Crippen LogP contribution in [-0.4, -0.2) is 26.2 Å². The normalized spacial score (nSPS) is 13.3. The van der Waals surface area contributed by atoms with Crippen molar-refractivity contribution in [2.24, 2.45) is 0 Å². The van der Waals surface area contributed by atoms with E-state index < -0.39 is 6.10 Å². The van der Waals surface area contributed by atoms with Gasteiger partial charge in [-0.25, -0.2) is 0 Å². The summed E-state index contributed by atoms with van der Waals surface area (Å²) in [5.41, 5.74) is 2.15. The lowest BCUT2D eigenvalue weighted by Gasteiger charge is -2.23. The van der Waals surface area contributed by atoms with Gasteiger partial charge in [0.25, 0.3) is 5.91 Å². The average molecular weight is 400 g/mol. The molecule has 2 rings (SSSR count). The molecule has 2 aromatic rings. The summed E-state index contributed by atoms with van der Waals surface area (Å²) < 4.78 is 16.7. The molecule has 2 aromatic carbocycles. The van der Waals surface area contributed by atoms with Gasteiger partial charge in [-0.05, 0) is 54.7 Å². The molecular weight excluding hydrogens is 366 g/mol. The van der Waals surface area contributed by atoms with E-state index in [2.05, 4.69) is 26.1 Å². The van der Waals surface area contributed by atoms with E-state index >= 15 is 0 Å². The van der Waals surface area contributed by atoms with Crippen LogP contribution in [0.4, 0.5) is 0 Å². The summed E-state index contributed by atoms with van der Waals surface area (Å²) in [6.45, 7) is 10.3. The number of amides is 1. The molecule has 0 radical (unpaired) electrons. The molecule has 0 fully saturated rings. The van der Waals surface area contributed by atoms with Gasteiger partial charge >= 0.3 is 0 Å². The highest BCUT2D eigenvalue weighted by molar-refractivity contribution is 5.81. The summed E-state index contributed by atoms with van der Waals surface area (Å²) in [7, 11) is 3.22. The maximum atomic E-state index is 12.8. The van der Waals surface area contributed by atoms with Gasteiger partial charge in [-0.2, -0.15) is 0 Å². The van der Waals surface area contributed by atoms with Crippen molar-refractivity contribution in [2.45, 2.75) is 58.6 Å². The second-order valence-corrected chi connectivity index (χ2v) is 8.13. The highest BCUT2D eigenvalue weighted by Gasteiger charge is 2.23. The largest absolute Gasteiger partial charge is 0.497 e. The minimum Gasteiger partial charge on any atom is -0.497 e. The van der Waals surface area contributed by atoms with Crippen molar-refractivity contribution in [2.75, 3.05) is 14.2 Å². The highest BCUT2D eigenvalue weighted by atomic mass is 16.5. The van der Waals surface area contributed by atoms with Crippen molar-refractivity contribution >= 4 is 5.91 Å². The van der Waals surface area contributed by atoms with Gasteiger partial charge in [-0.15, -0.1) is 0 Å². The first-order valence-electron chi connectivity index (χ1n) is 9.99. The summed E-state index contributed by atoms with van der Waals surface area (Å²) in [6, 6.07) is 13.2. The van der Waals surface area contributed by atoms with Crippen molar-refractivity contribution in [3.8, 4) is 17.2 Å². The van der Waals surface area contributed by atoms with Crippen LogP contribution in [0.2, 0.25) is 0 Å². The molecule has 0 bridgehead atoms. The van der Waals surface area contributed by atoms with E-state index in [0.717, 1.165) is 5.56 Å². The second-order valence-electron chi connectivity index (χ2n) is 8.13. The fourth-order valence-corrected chi connectivity index (χ4v) is 3.08. The molecule has 1 N–H and O–H groups in total. The minimum absolute atomic E-state index is 0.0747. The van der Waals surface area contributed by atoms with Gasteiger partial charge in [0.2, 0.25) is 0 Å². The van der Waals surface area contributed by atoms with Crippen LogP contribution in [0.3, 0.4) is 0 Å². The highest BCUT2D eigenvalue weighted by Crippen LogP contribution is 2.29. The van der Waals surface area contributed by atoms with Crippen molar-refractivity contribution < 1.29 is 19.0 Å². The first kappa shape index (κ1) is 22.6. The predicted molar refractivity (Wildman–Crippen MR) is 116 cm³/mol. The third-order valence-electron chi connectivity index (χ3n) is 4.92. The first-order valence-corrected chi connectivity index (χ1v) is 9.99. The molecular formula is C24H33NO4. The lowest BCUT2D eigenvalue weighted by Crippen LogP contribution is -2.39. The van der Waals surface area contributed by atoms with E-state index in [1.165, 1.54) is 5.56 Å². The van der Waals surface area contributed by atoms with Crippen molar-refractivity contribution in [3.05, 3.63) is 53.6 Å². The maximum Gasteiger partial charge on any atom is 0.261 e. The Kier molecular flexibility index (Phi) is 7.54. The number of ether oxygens (including phenoxy) is 3. The fourth-order valence-electron chi connectivity index (χ4n) is 3.08. The first-order chi connectivity index (χ1) is 13.7. The molecule has 0 saturated heterocycles. The number of rotatable bonds is 8. The van der Waals surface area contributed by atoms with Gasteiger partial charge in [0.15, 0.2) is 6.10 Å². The van der Waals surface area contributed by atoms with Gasteiger partial charge in [-0.1, -0.05) is 39.8 Å². The number of hydrogen-bond acceptors (Lipinski definition) is 4. The molecule has 158 valence electrons.